The summed E-state index contributed by atoms with van der Waals surface area (Å²) >= 11 is 0. The van der Waals surface area contributed by atoms with E-state index in [2.05, 4.69) is 67.2 Å². The molecule has 222 valence electrons. The molecular weight excluding hydrogens is 523 g/mol. The quantitative estimate of drug-likeness (QED) is 0.267. The minimum atomic E-state index is -4.27. The van der Waals surface area contributed by atoms with Gasteiger partial charge < -0.3 is 31.3 Å². The van der Waals surface area contributed by atoms with Crippen LogP contribution in [0.4, 0.5) is 18.0 Å². The highest BCUT2D eigenvalue weighted by molar-refractivity contribution is 5.85. The highest BCUT2D eigenvalue weighted by Crippen LogP contribution is 2.33. The van der Waals surface area contributed by atoms with Crippen molar-refractivity contribution in [3.8, 4) is 25.7 Å². The van der Waals surface area contributed by atoms with E-state index in [1.54, 1.807) is 0 Å². The zero-order valence-electron chi connectivity index (χ0n) is 22.8. The lowest BCUT2D eigenvalue weighted by Crippen LogP contribution is -2.42. The molecule has 5 N–H and O–H groups in total. The lowest BCUT2D eigenvalue weighted by molar-refractivity contribution is -0.171. The fraction of sp³-hybridized carbons (Fsp3) is 0.640. The van der Waals surface area contributed by atoms with Crippen molar-refractivity contribution in [3.05, 3.63) is 0 Å². The van der Waals surface area contributed by atoms with Crippen molar-refractivity contribution in [2.45, 2.75) is 52.3 Å². The standard InChI is InChI=1S/C9H13F3N2O3.C8H13N3O3.C4H10.2C2H2/c1-17-8(16)13-4-7(15)14-3-2-6(5-14)9(10,11)12;9-7(13)6(11-4-12)3-5-1-2-10-8(5)14;1-4(2)3;2*1-2/h6H,2-5H2,1H3,(H,13,16);4-6H,1-3H2,(H2,9,13)(H,10,14)(H,11,12);4H,1-3H3;2*1-2H/t6-;5-,6-;;;/m10.../s1. The minimum absolute atomic E-state index is 0.0614. The Morgan fingerprint density at radius 2 is 1.72 bits per heavy atom. The highest BCUT2D eigenvalue weighted by atomic mass is 19.4. The van der Waals surface area contributed by atoms with Crippen LogP contribution in [0.3, 0.4) is 0 Å². The lowest BCUT2D eigenvalue weighted by atomic mass is 9.98. The molecule has 0 aromatic rings. The number of amides is 5. The summed E-state index contributed by atoms with van der Waals surface area (Å²) in [6.45, 7) is 6.49. The molecule has 0 radical (unpaired) electrons. The maximum atomic E-state index is 12.3. The average molecular weight is 564 g/mol. The van der Waals surface area contributed by atoms with Crippen LogP contribution in [-0.2, 0) is 23.9 Å². The molecule has 0 saturated carbocycles. The van der Waals surface area contributed by atoms with E-state index in [1.807, 2.05) is 0 Å². The van der Waals surface area contributed by atoms with Gasteiger partial charge in [-0.1, -0.05) is 20.8 Å². The molecule has 2 heterocycles. The summed E-state index contributed by atoms with van der Waals surface area (Å²) in [5.41, 5.74) is 5.05. The smallest absolute Gasteiger partial charge is 0.407 e. The molecule has 0 unspecified atom stereocenters. The van der Waals surface area contributed by atoms with Crippen LogP contribution in [0, 0.1) is 43.4 Å². The van der Waals surface area contributed by atoms with Gasteiger partial charge in [0, 0.05) is 25.6 Å². The number of nitrogens with zero attached hydrogens (tertiary/aromatic N) is 1. The van der Waals surface area contributed by atoms with E-state index >= 15 is 0 Å². The summed E-state index contributed by atoms with van der Waals surface area (Å²) in [5, 5.41) is 7.07. The first-order chi connectivity index (χ1) is 18.2. The Hall–Kier alpha value is -3.94. The first-order valence-corrected chi connectivity index (χ1v) is 11.8. The monoisotopic (exact) mass is 563 g/mol. The Bertz CT molecular complexity index is 793. The molecule has 0 aliphatic carbocycles. The van der Waals surface area contributed by atoms with Gasteiger partial charge in [-0.3, -0.25) is 19.2 Å². The molecule has 14 heteroatoms. The molecule has 0 bridgehead atoms. The van der Waals surface area contributed by atoms with Gasteiger partial charge in [0.2, 0.25) is 24.1 Å². The number of alkyl carbamates (subject to hydrolysis) is 1. The maximum Gasteiger partial charge on any atom is 0.407 e. The van der Waals surface area contributed by atoms with Crippen LogP contribution in [0.5, 0.6) is 0 Å². The van der Waals surface area contributed by atoms with Crippen LogP contribution < -0.4 is 21.7 Å². The fourth-order valence-electron chi connectivity index (χ4n) is 3.09. The van der Waals surface area contributed by atoms with Crippen LogP contribution >= 0.6 is 0 Å². The zero-order valence-corrected chi connectivity index (χ0v) is 22.8. The number of hydrogen-bond acceptors (Lipinski definition) is 6. The molecule has 2 saturated heterocycles. The van der Waals surface area contributed by atoms with Gasteiger partial charge in [-0.15, -0.1) is 25.7 Å². The Morgan fingerprint density at radius 3 is 2.08 bits per heavy atom. The van der Waals surface area contributed by atoms with Gasteiger partial charge in [0.05, 0.1) is 13.0 Å². The molecule has 5 amide bonds. The Morgan fingerprint density at radius 1 is 1.18 bits per heavy atom. The SMILES string of the molecule is C#C.C#C.CC(C)C.COC(=O)NCC(=O)N1CC[C@@H](C(F)(F)F)C1.NC(=O)[C@H](C[C@@H]1CCNC1=O)NC=O. The second kappa shape index (κ2) is 22.1. The van der Waals surface area contributed by atoms with Crippen LogP contribution in [0.1, 0.15) is 40.0 Å². The van der Waals surface area contributed by atoms with E-state index in [-0.39, 0.29) is 44.3 Å². The van der Waals surface area contributed by atoms with Crippen LogP contribution in [0.2, 0.25) is 0 Å². The molecule has 2 aliphatic heterocycles. The molecule has 2 rings (SSSR count). The third kappa shape index (κ3) is 18.9. The van der Waals surface area contributed by atoms with Crippen LogP contribution in [-0.4, -0.2) is 80.6 Å². The Kier molecular flexibility index (Phi) is 22.4. The number of rotatable bonds is 7. The van der Waals surface area contributed by atoms with Crippen molar-refractivity contribution in [1.29, 1.82) is 0 Å². The maximum absolute atomic E-state index is 12.3. The average Bonchev–Trinajstić information content (AvgIpc) is 3.54. The fourth-order valence-corrected chi connectivity index (χ4v) is 3.09. The van der Waals surface area contributed by atoms with Crippen molar-refractivity contribution in [2.24, 2.45) is 23.5 Å². The minimum Gasteiger partial charge on any atom is -0.453 e. The first kappa shape index (κ1) is 39.6. The Labute approximate surface area is 228 Å². The molecule has 3 atom stereocenters. The van der Waals surface area contributed by atoms with Gasteiger partial charge in [-0.05, 0) is 25.2 Å². The number of nitrogens with two attached hydrogens (primary N) is 1. The topological polar surface area (TPSA) is 160 Å². The van der Waals surface area contributed by atoms with E-state index < -0.39 is 36.0 Å². The first-order valence-electron chi connectivity index (χ1n) is 11.8. The number of carbonyl (C=O) groups excluding carboxylic acids is 5. The predicted octanol–water partition coefficient (Wildman–Crippen LogP) is 1.03. The summed E-state index contributed by atoms with van der Waals surface area (Å²) < 4.78 is 41.3. The van der Waals surface area contributed by atoms with E-state index in [0.29, 0.717) is 19.4 Å². The van der Waals surface area contributed by atoms with E-state index in [0.717, 1.165) is 17.9 Å². The predicted molar refractivity (Wildman–Crippen MR) is 139 cm³/mol. The Balaban J connectivity index is -0.000000530. The zero-order chi connectivity index (χ0) is 31.2. The van der Waals surface area contributed by atoms with Gasteiger partial charge in [0.15, 0.2) is 0 Å². The van der Waals surface area contributed by atoms with Gasteiger partial charge in [-0.2, -0.15) is 13.2 Å². The number of carbonyl (C=O) groups is 5. The number of hydrogen-bond donors (Lipinski definition) is 4. The molecule has 0 aromatic carbocycles. The molecule has 39 heavy (non-hydrogen) atoms. The second-order valence-electron chi connectivity index (χ2n) is 8.70. The molecule has 2 aliphatic rings. The summed E-state index contributed by atoms with van der Waals surface area (Å²) in [7, 11) is 1.13. The normalized spacial score (nSPS) is 17.9. The molecule has 0 spiro atoms. The van der Waals surface area contributed by atoms with Crippen molar-refractivity contribution < 1.29 is 41.9 Å². The molecular formula is C25H40F3N5O6. The summed E-state index contributed by atoms with van der Waals surface area (Å²) in [4.78, 5) is 55.4. The number of nitrogens with one attached hydrogen (secondary N) is 3. The molecule has 0 aromatic heterocycles. The number of methoxy groups -OCH3 is 1. The van der Waals surface area contributed by atoms with E-state index in [4.69, 9.17) is 5.73 Å². The van der Waals surface area contributed by atoms with Gasteiger partial charge >= 0.3 is 12.3 Å². The lowest BCUT2D eigenvalue weighted by Gasteiger charge is -2.17. The number of halogens is 3. The van der Waals surface area contributed by atoms with Gasteiger partial charge in [-0.25, -0.2) is 4.79 Å². The third-order valence-electron chi connectivity index (χ3n) is 4.87. The van der Waals surface area contributed by atoms with Crippen molar-refractivity contribution in [1.82, 2.24) is 20.9 Å². The van der Waals surface area contributed by atoms with Crippen LogP contribution in [0.15, 0.2) is 0 Å². The summed E-state index contributed by atoms with van der Waals surface area (Å²) in [5.74, 6) is -2.09. The van der Waals surface area contributed by atoms with Gasteiger partial charge in [0.25, 0.3) is 0 Å². The van der Waals surface area contributed by atoms with E-state index in [9.17, 15) is 37.1 Å². The highest BCUT2D eigenvalue weighted by Gasteiger charge is 2.44. The summed E-state index contributed by atoms with van der Waals surface area (Å²) in [6.07, 6.45) is 12.2. The number of terminal acetylenes is 2. The molecule has 2 fully saturated rings. The summed E-state index contributed by atoms with van der Waals surface area (Å²) in [6, 6.07) is -0.749. The number of likely N-dealkylation sites (tertiary alicyclic amines) is 1. The van der Waals surface area contributed by atoms with Crippen LogP contribution in [0.25, 0.3) is 0 Å². The van der Waals surface area contributed by atoms with E-state index in [1.165, 1.54) is 0 Å². The van der Waals surface area contributed by atoms with Crippen molar-refractivity contribution in [2.75, 3.05) is 33.3 Å². The number of alkyl halides is 3. The van der Waals surface area contributed by atoms with Crippen molar-refractivity contribution >= 4 is 30.2 Å². The van der Waals surface area contributed by atoms with Gasteiger partial charge in [0.1, 0.15) is 12.6 Å². The largest absolute Gasteiger partial charge is 0.453 e. The number of ether oxygens (including phenoxy) is 1. The number of primary amides is 1. The second-order valence-corrected chi connectivity index (χ2v) is 8.70. The molecule has 11 nitrogen and oxygen atoms in total. The van der Waals surface area contributed by atoms with Crippen molar-refractivity contribution in [3.63, 3.8) is 0 Å². The third-order valence-corrected chi connectivity index (χ3v) is 4.87.